The van der Waals surface area contributed by atoms with E-state index in [4.69, 9.17) is 0 Å². The molecular weight excluding hydrogens is 326 g/mol. The second-order valence-electron chi connectivity index (χ2n) is 10.7. The Morgan fingerprint density at radius 1 is 1.31 bits per heavy atom. The molecule has 0 radical (unpaired) electrons. The average Bonchev–Trinajstić information content (AvgIpc) is 3.14. The van der Waals surface area contributed by atoms with E-state index in [-0.39, 0.29) is 40.0 Å². The first-order valence-corrected chi connectivity index (χ1v) is 10.6. The van der Waals surface area contributed by atoms with Crippen LogP contribution in [-0.4, -0.2) is 52.2 Å². The van der Waals surface area contributed by atoms with Crippen molar-refractivity contribution in [3.05, 3.63) is 12.2 Å². The molecule has 0 unspecified atom stereocenters. The molecule has 2 spiro atoms. The third-order valence-electron chi connectivity index (χ3n) is 10.4. The van der Waals surface area contributed by atoms with Crippen LogP contribution in [0.4, 0.5) is 0 Å². The highest BCUT2D eigenvalue weighted by molar-refractivity contribution is 5.87. The monoisotopic (exact) mass is 357 g/mol. The van der Waals surface area contributed by atoms with Gasteiger partial charge in [-0.05, 0) is 61.0 Å². The van der Waals surface area contributed by atoms with E-state index >= 15 is 0 Å². The average molecular weight is 357 g/mol. The molecule has 0 aromatic rings. The van der Waals surface area contributed by atoms with Crippen molar-refractivity contribution in [3.8, 4) is 0 Å². The molecule has 1 aliphatic heterocycles. The summed E-state index contributed by atoms with van der Waals surface area (Å²) >= 11 is 0. The Labute approximate surface area is 155 Å². The lowest BCUT2D eigenvalue weighted by atomic mass is 9.43. The summed E-state index contributed by atoms with van der Waals surface area (Å²) in [4.78, 5) is 15.6. The van der Waals surface area contributed by atoms with E-state index in [9.17, 15) is 15.0 Å². The molecule has 6 fully saturated rings. The highest BCUT2D eigenvalue weighted by Gasteiger charge is 2.85. The van der Waals surface area contributed by atoms with E-state index < -0.39 is 6.10 Å². The van der Waals surface area contributed by atoms with Gasteiger partial charge in [0, 0.05) is 35.8 Å². The number of aliphatic hydroxyl groups excluding tert-OH is 2. The maximum absolute atomic E-state index is 13.0. The van der Waals surface area contributed by atoms with Crippen molar-refractivity contribution in [2.45, 2.75) is 64.2 Å². The lowest BCUT2D eigenvalue weighted by molar-refractivity contribution is -0.211. The number of piperidine rings is 1. The molecule has 6 rings (SSSR count). The first kappa shape index (κ1) is 16.3. The number of nitrogens with zero attached hydrogens (tertiary/aromatic N) is 1. The molecule has 7 bridgehead atoms. The van der Waals surface area contributed by atoms with Crippen molar-refractivity contribution in [2.75, 3.05) is 13.1 Å². The number of rotatable bonds is 1. The summed E-state index contributed by atoms with van der Waals surface area (Å²) in [5.74, 6) is 1.16. The Hall–Kier alpha value is -0.710. The normalized spacial score (nSPS) is 62.7. The zero-order chi connectivity index (χ0) is 18.2. The quantitative estimate of drug-likeness (QED) is 0.705. The Kier molecular flexibility index (Phi) is 2.80. The number of ketones is 1. The van der Waals surface area contributed by atoms with Crippen LogP contribution in [0.3, 0.4) is 0 Å². The van der Waals surface area contributed by atoms with Crippen molar-refractivity contribution in [2.24, 2.45) is 39.9 Å². The first-order chi connectivity index (χ1) is 12.3. The molecule has 4 heteroatoms. The second-order valence-corrected chi connectivity index (χ2v) is 10.7. The van der Waals surface area contributed by atoms with E-state index in [1.54, 1.807) is 0 Å². The van der Waals surface area contributed by atoms with Crippen LogP contribution in [0, 0.1) is 39.9 Å². The molecular formula is C22H31NO3. The van der Waals surface area contributed by atoms with E-state index in [0.29, 0.717) is 24.3 Å². The largest absolute Gasteiger partial charge is 0.392 e. The number of carbonyl (C=O) groups is 1. The molecule has 1 heterocycles. The second kappa shape index (κ2) is 4.47. The number of hydrogen-bond donors (Lipinski definition) is 2. The lowest BCUT2D eigenvalue weighted by Gasteiger charge is -2.65. The number of carbonyl (C=O) groups excluding carboxylic acids is 1. The van der Waals surface area contributed by atoms with Gasteiger partial charge in [-0.25, -0.2) is 0 Å². The number of hydrogen-bond acceptors (Lipinski definition) is 4. The highest BCUT2D eigenvalue weighted by atomic mass is 16.3. The van der Waals surface area contributed by atoms with Gasteiger partial charge in [-0.15, -0.1) is 0 Å². The number of Topliss-reactive ketones (excluding diaryl/α,β-unsaturated/α-hetero) is 1. The molecule has 0 amide bonds. The van der Waals surface area contributed by atoms with E-state index in [1.165, 1.54) is 0 Å². The first-order valence-electron chi connectivity index (χ1n) is 10.6. The van der Waals surface area contributed by atoms with E-state index in [0.717, 1.165) is 44.3 Å². The third kappa shape index (κ3) is 1.33. The summed E-state index contributed by atoms with van der Waals surface area (Å²) < 4.78 is 0. The van der Waals surface area contributed by atoms with Crippen LogP contribution in [-0.2, 0) is 4.79 Å². The fourth-order valence-corrected chi connectivity index (χ4v) is 9.75. The maximum Gasteiger partial charge on any atom is 0.140 e. The Morgan fingerprint density at radius 3 is 2.81 bits per heavy atom. The zero-order valence-electron chi connectivity index (χ0n) is 15.9. The summed E-state index contributed by atoms with van der Waals surface area (Å²) in [7, 11) is 0. The Balaban J connectivity index is 1.62. The molecule has 26 heavy (non-hydrogen) atoms. The molecule has 5 aliphatic carbocycles. The molecule has 0 aromatic heterocycles. The molecule has 2 N–H and O–H groups in total. The number of aliphatic hydroxyl groups is 2. The summed E-state index contributed by atoms with van der Waals surface area (Å²) in [6.07, 6.45) is 3.50. The van der Waals surface area contributed by atoms with Gasteiger partial charge in [0.2, 0.25) is 0 Å². The van der Waals surface area contributed by atoms with Crippen molar-refractivity contribution in [1.82, 2.24) is 4.90 Å². The molecule has 5 saturated carbocycles. The van der Waals surface area contributed by atoms with Crippen LogP contribution >= 0.6 is 0 Å². The van der Waals surface area contributed by atoms with Crippen LogP contribution in [0.15, 0.2) is 12.2 Å². The van der Waals surface area contributed by atoms with Gasteiger partial charge in [-0.2, -0.15) is 0 Å². The van der Waals surface area contributed by atoms with Gasteiger partial charge in [0.15, 0.2) is 0 Å². The van der Waals surface area contributed by atoms with Gasteiger partial charge in [-0.1, -0.05) is 20.4 Å². The van der Waals surface area contributed by atoms with Crippen molar-refractivity contribution >= 4 is 5.78 Å². The number of likely N-dealkylation sites (tertiary alicyclic amines) is 1. The van der Waals surface area contributed by atoms with Crippen LogP contribution in [0.5, 0.6) is 0 Å². The van der Waals surface area contributed by atoms with Gasteiger partial charge in [-0.3, -0.25) is 9.69 Å². The van der Waals surface area contributed by atoms with Gasteiger partial charge in [0.05, 0.1) is 12.2 Å². The topological polar surface area (TPSA) is 60.8 Å². The highest BCUT2D eigenvalue weighted by Crippen LogP contribution is 2.83. The smallest absolute Gasteiger partial charge is 0.140 e. The fourth-order valence-electron chi connectivity index (χ4n) is 9.75. The summed E-state index contributed by atoms with van der Waals surface area (Å²) in [5.41, 5.74) is 0.598. The Morgan fingerprint density at radius 2 is 2.08 bits per heavy atom. The van der Waals surface area contributed by atoms with Crippen LogP contribution in [0.1, 0.15) is 46.0 Å². The van der Waals surface area contributed by atoms with Gasteiger partial charge in [0.25, 0.3) is 0 Å². The molecule has 4 nitrogen and oxygen atoms in total. The summed E-state index contributed by atoms with van der Waals surface area (Å²) in [6, 6.07) is 0.331. The molecule has 142 valence electrons. The predicted octanol–water partition coefficient (Wildman–Crippen LogP) is 2.00. The van der Waals surface area contributed by atoms with Crippen molar-refractivity contribution in [3.63, 3.8) is 0 Å². The van der Waals surface area contributed by atoms with Gasteiger partial charge in [0.1, 0.15) is 5.78 Å². The minimum absolute atomic E-state index is 0.130. The summed E-state index contributed by atoms with van der Waals surface area (Å²) in [6.45, 7) is 10.9. The minimum Gasteiger partial charge on any atom is -0.392 e. The fraction of sp³-hybridized carbons (Fsp3) is 0.864. The lowest BCUT2D eigenvalue weighted by Crippen LogP contribution is -2.68. The summed E-state index contributed by atoms with van der Waals surface area (Å²) in [5, 5.41) is 22.8. The van der Waals surface area contributed by atoms with Gasteiger partial charge < -0.3 is 10.2 Å². The Bertz CT molecular complexity index is 735. The predicted molar refractivity (Wildman–Crippen MR) is 97.2 cm³/mol. The molecule has 6 aliphatic rings. The molecule has 10 atom stereocenters. The van der Waals surface area contributed by atoms with Crippen LogP contribution < -0.4 is 0 Å². The zero-order valence-corrected chi connectivity index (χ0v) is 15.9. The minimum atomic E-state index is -0.561. The van der Waals surface area contributed by atoms with Gasteiger partial charge >= 0.3 is 0 Å². The van der Waals surface area contributed by atoms with Crippen molar-refractivity contribution < 1.29 is 15.0 Å². The number of fused-ring (bicyclic) bond motifs is 1. The maximum atomic E-state index is 13.0. The standard InChI is InChI=1S/C22H31NO3/c1-4-23-10-20(3)6-5-17(25)22-15(20)7-13(18(22)23)21-9-12(11(2)19(21)26)14(24)8-16(21)22/h12-13,15-19,25-26H,2,4-10H2,1,3H3/t12-,13+,15-,16+,17-,18-,19+,20-,21-,22+/m0/s1. The van der Waals surface area contributed by atoms with E-state index in [1.807, 2.05) is 0 Å². The van der Waals surface area contributed by atoms with Crippen LogP contribution in [0.2, 0.25) is 0 Å². The molecule has 1 saturated heterocycles. The SMILES string of the molecule is C=C1[C@@H]2C[C@]3([C@@H]1O)[C@@H]1C[C@H]4[C@@]5(C)CC[C@H](O)[C@]4([C@H]1N(CC)C5)[C@@H]3CC2=O. The van der Waals surface area contributed by atoms with E-state index in [2.05, 4.69) is 25.3 Å². The third-order valence-corrected chi connectivity index (χ3v) is 10.4. The molecule has 0 aromatic carbocycles. The van der Waals surface area contributed by atoms with Crippen LogP contribution in [0.25, 0.3) is 0 Å². The van der Waals surface area contributed by atoms with Crippen molar-refractivity contribution in [1.29, 1.82) is 0 Å².